The lowest BCUT2D eigenvalue weighted by Gasteiger charge is -2.04. The predicted octanol–water partition coefficient (Wildman–Crippen LogP) is 2.56. The summed E-state index contributed by atoms with van der Waals surface area (Å²) in [5.41, 5.74) is 1.69. The van der Waals surface area contributed by atoms with Gasteiger partial charge in [-0.15, -0.1) is 5.10 Å². The van der Waals surface area contributed by atoms with Crippen LogP contribution in [0.1, 0.15) is 11.1 Å². The molecule has 0 spiro atoms. The van der Waals surface area contributed by atoms with Crippen molar-refractivity contribution in [2.24, 2.45) is 10.2 Å². The minimum absolute atomic E-state index is 0.0599. The molecule has 1 aliphatic heterocycles. The van der Waals surface area contributed by atoms with E-state index in [1.54, 1.807) is 24.3 Å². The van der Waals surface area contributed by atoms with Crippen molar-refractivity contribution < 1.29 is 9.90 Å². The molecule has 1 heterocycles. The van der Waals surface area contributed by atoms with Gasteiger partial charge in [0.15, 0.2) is 5.17 Å². The van der Waals surface area contributed by atoms with Crippen molar-refractivity contribution >= 4 is 29.1 Å². The Hall–Kier alpha value is -2.60. The fraction of sp³-hybridized carbons (Fsp3) is 0.118. The van der Waals surface area contributed by atoms with Gasteiger partial charge in [0.25, 0.3) is 0 Å². The number of hydrogen-bond donors (Lipinski definition) is 2. The molecule has 1 atom stereocenters. The molecule has 2 aromatic rings. The fourth-order valence-electron chi connectivity index (χ4n) is 2.15. The second-order valence-electron chi connectivity index (χ2n) is 4.99. The van der Waals surface area contributed by atoms with Crippen LogP contribution in [0.2, 0.25) is 0 Å². The second-order valence-corrected chi connectivity index (χ2v) is 6.19. The van der Waals surface area contributed by atoms with Crippen molar-refractivity contribution in [1.29, 1.82) is 0 Å². The van der Waals surface area contributed by atoms with Crippen LogP contribution in [-0.2, 0) is 11.2 Å². The molecule has 0 aliphatic carbocycles. The SMILES string of the molecule is O=C1N/C(=N\N=C/c2ccccc2O)S[C@@H]1Cc1ccccc1. The number of amidine groups is 1. The van der Waals surface area contributed by atoms with E-state index in [1.165, 1.54) is 18.0 Å². The number of benzene rings is 2. The first kappa shape index (κ1) is 15.3. The average Bonchev–Trinajstić information content (AvgIpc) is 2.90. The number of hydrogen-bond acceptors (Lipinski definition) is 5. The summed E-state index contributed by atoms with van der Waals surface area (Å²) in [6.07, 6.45) is 2.11. The van der Waals surface area contributed by atoms with Crippen molar-refractivity contribution in [1.82, 2.24) is 5.32 Å². The summed E-state index contributed by atoms with van der Waals surface area (Å²) in [5, 5.41) is 20.6. The third kappa shape index (κ3) is 3.98. The number of aromatic hydroxyl groups is 1. The van der Waals surface area contributed by atoms with Gasteiger partial charge < -0.3 is 10.4 Å². The van der Waals surface area contributed by atoms with Crippen LogP contribution < -0.4 is 5.32 Å². The molecule has 1 amide bonds. The Morgan fingerprint density at radius 1 is 1.13 bits per heavy atom. The Balaban J connectivity index is 1.64. The molecule has 0 radical (unpaired) electrons. The number of nitrogens with zero attached hydrogens (tertiary/aromatic N) is 2. The summed E-state index contributed by atoms with van der Waals surface area (Å²) in [4.78, 5) is 12.0. The summed E-state index contributed by atoms with van der Waals surface area (Å²) in [6.45, 7) is 0. The van der Waals surface area contributed by atoms with Crippen LogP contribution >= 0.6 is 11.8 Å². The van der Waals surface area contributed by atoms with Gasteiger partial charge in [-0.3, -0.25) is 4.79 Å². The van der Waals surface area contributed by atoms with Gasteiger partial charge in [0.2, 0.25) is 5.91 Å². The van der Waals surface area contributed by atoms with Gasteiger partial charge in [-0.2, -0.15) is 5.10 Å². The molecular weight excluding hydrogens is 310 g/mol. The quantitative estimate of drug-likeness (QED) is 0.670. The second kappa shape index (κ2) is 7.11. The number of rotatable bonds is 4. The van der Waals surface area contributed by atoms with Crippen molar-refractivity contribution in [2.75, 3.05) is 0 Å². The molecule has 116 valence electrons. The number of amides is 1. The van der Waals surface area contributed by atoms with Gasteiger partial charge in [-0.05, 0) is 24.1 Å². The zero-order valence-corrected chi connectivity index (χ0v) is 13.0. The van der Waals surface area contributed by atoms with E-state index in [0.717, 1.165) is 5.56 Å². The topological polar surface area (TPSA) is 74.0 Å². The first-order valence-electron chi connectivity index (χ1n) is 7.13. The Bertz CT molecular complexity index is 759. The van der Waals surface area contributed by atoms with Crippen LogP contribution in [0.5, 0.6) is 5.75 Å². The lowest BCUT2D eigenvalue weighted by atomic mass is 10.1. The Morgan fingerprint density at radius 2 is 1.87 bits per heavy atom. The summed E-state index contributed by atoms with van der Waals surface area (Å²) >= 11 is 1.37. The normalized spacial score (nSPS) is 19.4. The third-order valence-electron chi connectivity index (χ3n) is 3.32. The van der Waals surface area contributed by atoms with E-state index in [-0.39, 0.29) is 16.9 Å². The molecule has 1 fully saturated rings. The van der Waals surface area contributed by atoms with E-state index in [2.05, 4.69) is 15.5 Å². The van der Waals surface area contributed by atoms with E-state index in [0.29, 0.717) is 17.2 Å². The Morgan fingerprint density at radius 3 is 2.65 bits per heavy atom. The van der Waals surface area contributed by atoms with Crippen LogP contribution in [0.15, 0.2) is 64.8 Å². The molecule has 0 saturated carbocycles. The average molecular weight is 325 g/mol. The number of nitrogens with one attached hydrogen (secondary N) is 1. The van der Waals surface area contributed by atoms with Gasteiger partial charge >= 0.3 is 0 Å². The molecule has 0 aromatic heterocycles. The molecule has 2 N–H and O–H groups in total. The number of phenols is 1. The van der Waals surface area contributed by atoms with Crippen molar-refractivity contribution in [3.05, 3.63) is 65.7 Å². The van der Waals surface area contributed by atoms with Crippen LogP contribution in [0.4, 0.5) is 0 Å². The summed E-state index contributed by atoms with van der Waals surface area (Å²) in [6, 6.07) is 16.7. The minimum Gasteiger partial charge on any atom is -0.507 e. The lowest BCUT2D eigenvalue weighted by molar-refractivity contribution is -0.118. The fourth-order valence-corrected chi connectivity index (χ4v) is 3.12. The molecule has 1 saturated heterocycles. The molecule has 1 aliphatic rings. The van der Waals surface area contributed by atoms with Crippen molar-refractivity contribution in [3.8, 4) is 5.75 Å². The van der Waals surface area contributed by atoms with E-state index in [1.807, 2.05) is 30.3 Å². The van der Waals surface area contributed by atoms with Gasteiger partial charge in [-0.1, -0.05) is 54.2 Å². The summed E-state index contributed by atoms with van der Waals surface area (Å²) < 4.78 is 0. The maximum atomic E-state index is 12.0. The number of phenolic OH excluding ortho intramolecular Hbond substituents is 1. The molecule has 5 nitrogen and oxygen atoms in total. The highest BCUT2D eigenvalue weighted by Crippen LogP contribution is 2.23. The molecule has 0 unspecified atom stereocenters. The Labute approximate surface area is 138 Å². The molecule has 23 heavy (non-hydrogen) atoms. The Kier molecular flexibility index (Phi) is 4.73. The van der Waals surface area contributed by atoms with Gasteiger partial charge in [-0.25, -0.2) is 0 Å². The van der Waals surface area contributed by atoms with Crippen molar-refractivity contribution in [3.63, 3.8) is 0 Å². The molecule has 0 bridgehead atoms. The summed E-state index contributed by atoms with van der Waals surface area (Å²) in [5.74, 6) is 0.0804. The van der Waals surface area contributed by atoms with Crippen LogP contribution in [0, 0.1) is 0 Å². The van der Waals surface area contributed by atoms with E-state index in [9.17, 15) is 9.90 Å². The zero-order valence-electron chi connectivity index (χ0n) is 12.2. The number of para-hydroxylation sites is 1. The highest BCUT2D eigenvalue weighted by molar-refractivity contribution is 8.15. The number of carbonyl (C=O) groups is 1. The standard InChI is InChI=1S/C17H15N3O2S/c21-14-9-5-4-8-13(14)11-18-20-17-19-16(22)15(23-17)10-12-6-2-1-3-7-12/h1-9,11,15,21H,10H2,(H,19,20,22)/b18-11-/t15-/m1/s1. The summed E-state index contributed by atoms with van der Waals surface area (Å²) in [7, 11) is 0. The van der Waals surface area contributed by atoms with Gasteiger partial charge in [0.1, 0.15) is 5.75 Å². The predicted molar refractivity (Wildman–Crippen MR) is 92.8 cm³/mol. The highest BCUT2D eigenvalue weighted by atomic mass is 32.2. The maximum absolute atomic E-state index is 12.0. The zero-order chi connectivity index (χ0) is 16.1. The molecular formula is C17H15N3O2S. The van der Waals surface area contributed by atoms with Crippen LogP contribution in [0.25, 0.3) is 0 Å². The molecule has 6 heteroatoms. The van der Waals surface area contributed by atoms with Gasteiger partial charge in [0.05, 0.1) is 11.5 Å². The third-order valence-corrected chi connectivity index (χ3v) is 4.39. The highest BCUT2D eigenvalue weighted by Gasteiger charge is 2.30. The van der Waals surface area contributed by atoms with E-state index < -0.39 is 0 Å². The van der Waals surface area contributed by atoms with Crippen molar-refractivity contribution in [2.45, 2.75) is 11.7 Å². The minimum atomic E-state index is -0.198. The van der Waals surface area contributed by atoms with Crippen LogP contribution in [-0.4, -0.2) is 27.6 Å². The molecule has 2 aromatic carbocycles. The number of carbonyl (C=O) groups excluding carboxylic acids is 1. The smallest absolute Gasteiger partial charge is 0.239 e. The maximum Gasteiger partial charge on any atom is 0.239 e. The first-order valence-corrected chi connectivity index (χ1v) is 8.01. The molecule has 3 rings (SSSR count). The van der Waals surface area contributed by atoms with Gasteiger partial charge in [0, 0.05) is 5.56 Å². The van der Waals surface area contributed by atoms with E-state index in [4.69, 9.17) is 0 Å². The lowest BCUT2D eigenvalue weighted by Crippen LogP contribution is -2.25. The monoisotopic (exact) mass is 325 g/mol. The number of thioether (sulfide) groups is 1. The van der Waals surface area contributed by atoms with E-state index >= 15 is 0 Å². The van der Waals surface area contributed by atoms with Crippen LogP contribution in [0.3, 0.4) is 0 Å². The first-order chi connectivity index (χ1) is 11.2. The largest absolute Gasteiger partial charge is 0.507 e.